The van der Waals surface area contributed by atoms with Gasteiger partial charge in [0, 0.05) is 6.42 Å². The third-order valence-corrected chi connectivity index (χ3v) is 3.54. The van der Waals surface area contributed by atoms with E-state index in [0.717, 1.165) is 0 Å². The summed E-state index contributed by atoms with van der Waals surface area (Å²) in [6.07, 6.45) is -0.938. The summed E-state index contributed by atoms with van der Waals surface area (Å²) in [5, 5.41) is 40.4. The zero-order valence-electron chi connectivity index (χ0n) is 14.2. The summed E-state index contributed by atoms with van der Waals surface area (Å²) in [5.41, 5.74) is 5.92. The Morgan fingerprint density at radius 3 is 2.00 bits per heavy atom. The van der Waals surface area contributed by atoms with Gasteiger partial charge >= 0.3 is 11.9 Å². The van der Waals surface area contributed by atoms with Gasteiger partial charge < -0.3 is 36.8 Å². The molecule has 11 heteroatoms. The molecule has 0 radical (unpaired) electrons. The molecule has 0 bridgehead atoms. The molecular formula is C16H21N3O8. The van der Waals surface area contributed by atoms with E-state index in [9.17, 15) is 24.3 Å². The molecule has 0 heterocycles. The lowest BCUT2D eigenvalue weighted by Gasteiger charge is -2.22. The number of carbonyl (C=O) groups excluding carboxylic acids is 2. The quantitative estimate of drug-likeness (QED) is 0.234. The summed E-state index contributed by atoms with van der Waals surface area (Å²) in [5.74, 6) is -4.77. The van der Waals surface area contributed by atoms with Crippen LogP contribution in [0.15, 0.2) is 24.3 Å². The van der Waals surface area contributed by atoms with Gasteiger partial charge in [-0.05, 0) is 17.7 Å². The Kier molecular flexibility index (Phi) is 8.17. The predicted molar refractivity (Wildman–Crippen MR) is 90.6 cm³/mol. The normalized spacial score (nSPS) is 13.9. The number of carbonyl (C=O) groups is 4. The van der Waals surface area contributed by atoms with E-state index in [1.165, 1.54) is 24.3 Å². The Morgan fingerprint density at radius 2 is 1.52 bits per heavy atom. The second-order valence-electron chi connectivity index (χ2n) is 5.72. The van der Waals surface area contributed by atoms with Crippen LogP contribution in [0.4, 0.5) is 0 Å². The Morgan fingerprint density at radius 1 is 0.963 bits per heavy atom. The van der Waals surface area contributed by atoms with Gasteiger partial charge in [0.2, 0.25) is 11.8 Å². The fourth-order valence-corrected chi connectivity index (χ4v) is 2.09. The van der Waals surface area contributed by atoms with E-state index in [2.05, 4.69) is 10.6 Å². The number of amides is 2. The van der Waals surface area contributed by atoms with Crippen molar-refractivity contribution in [3.05, 3.63) is 29.8 Å². The van der Waals surface area contributed by atoms with Crippen LogP contribution in [-0.4, -0.2) is 68.9 Å². The van der Waals surface area contributed by atoms with E-state index in [0.29, 0.717) is 5.56 Å². The van der Waals surface area contributed by atoms with Crippen LogP contribution in [0.25, 0.3) is 0 Å². The number of aliphatic hydroxyl groups is 1. The minimum Gasteiger partial charge on any atom is -0.508 e. The van der Waals surface area contributed by atoms with Crippen molar-refractivity contribution in [2.45, 2.75) is 31.0 Å². The lowest BCUT2D eigenvalue weighted by atomic mass is 10.0. The first-order chi connectivity index (χ1) is 12.6. The molecule has 0 saturated carbocycles. The van der Waals surface area contributed by atoms with Crippen molar-refractivity contribution in [3.8, 4) is 5.75 Å². The van der Waals surface area contributed by atoms with E-state index in [1.54, 1.807) is 0 Å². The first-order valence-corrected chi connectivity index (χ1v) is 7.83. The third-order valence-electron chi connectivity index (χ3n) is 3.54. The number of nitrogens with one attached hydrogen (secondary N) is 2. The van der Waals surface area contributed by atoms with Crippen LogP contribution in [-0.2, 0) is 25.6 Å². The summed E-state index contributed by atoms with van der Waals surface area (Å²) >= 11 is 0. The summed E-state index contributed by atoms with van der Waals surface area (Å²) in [6, 6.07) is 1.41. The van der Waals surface area contributed by atoms with Crippen molar-refractivity contribution in [2.24, 2.45) is 5.73 Å². The highest BCUT2D eigenvalue weighted by Gasteiger charge is 2.29. The van der Waals surface area contributed by atoms with Crippen LogP contribution in [0.1, 0.15) is 12.0 Å². The van der Waals surface area contributed by atoms with Crippen molar-refractivity contribution >= 4 is 23.8 Å². The highest BCUT2D eigenvalue weighted by atomic mass is 16.4. The van der Waals surface area contributed by atoms with Crippen molar-refractivity contribution < 1.29 is 39.6 Å². The fourth-order valence-electron chi connectivity index (χ4n) is 2.09. The standard InChI is InChI=1S/C16H21N3O8/c17-10(7-20)14(24)18-11(5-8-1-3-9(21)4-2-8)15(25)19-12(16(26)27)6-13(22)23/h1-4,10-12,20-21H,5-7,17H2,(H,18,24)(H,19,25)(H,22,23)(H,26,27). The molecule has 0 aliphatic carbocycles. The fraction of sp³-hybridized carbons (Fsp3) is 0.375. The zero-order chi connectivity index (χ0) is 20.6. The number of nitrogens with two attached hydrogens (primary N) is 1. The number of phenols is 1. The summed E-state index contributed by atoms with van der Waals surface area (Å²) < 4.78 is 0. The van der Waals surface area contributed by atoms with Crippen LogP contribution in [0, 0.1) is 0 Å². The Balaban J connectivity index is 2.97. The number of benzene rings is 1. The van der Waals surface area contributed by atoms with Gasteiger partial charge in [0.25, 0.3) is 0 Å². The molecule has 0 aromatic heterocycles. The number of aliphatic carboxylic acids is 2. The lowest BCUT2D eigenvalue weighted by Crippen LogP contribution is -2.56. The SMILES string of the molecule is NC(CO)C(=O)NC(Cc1ccc(O)cc1)C(=O)NC(CC(=O)O)C(=O)O. The molecule has 0 saturated heterocycles. The van der Waals surface area contributed by atoms with Crippen molar-refractivity contribution in [1.29, 1.82) is 0 Å². The average molecular weight is 383 g/mol. The number of rotatable bonds is 10. The molecule has 2 amide bonds. The average Bonchev–Trinajstić information content (AvgIpc) is 2.60. The van der Waals surface area contributed by atoms with Crippen molar-refractivity contribution in [2.75, 3.05) is 6.61 Å². The smallest absolute Gasteiger partial charge is 0.326 e. The highest BCUT2D eigenvalue weighted by Crippen LogP contribution is 2.12. The minimum atomic E-state index is -1.69. The molecule has 1 rings (SSSR count). The molecule has 11 nitrogen and oxygen atoms in total. The van der Waals surface area contributed by atoms with Gasteiger partial charge in [0.1, 0.15) is 23.9 Å². The van der Waals surface area contributed by atoms with E-state index in [1.807, 2.05) is 0 Å². The molecule has 3 unspecified atom stereocenters. The van der Waals surface area contributed by atoms with Gasteiger partial charge in [0.05, 0.1) is 13.0 Å². The lowest BCUT2D eigenvalue weighted by molar-refractivity contribution is -0.147. The molecule has 27 heavy (non-hydrogen) atoms. The second-order valence-corrected chi connectivity index (χ2v) is 5.72. The maximum Gasteiger partial charge on any atom is 0.326 e. The van der Waals surface area contributed by atoms with E-state index in [-0.39, 0.29) is 12.2 Å². The first kappa shape index (κ1) is 21.9. The van der Waals surface area contributed by atoms with Gasteiger partial charge in [0.15, 0.2) is 0 Å². The van der Waals surface area contributed by atoms with E-state index in [4.69, 9.17) is 21.1 Å². The van der Waals surface area contributed by atoms with Gasteiger partial charge in [-0.1, -0.05) is 12.1 Å². The molecule has 0 aliphatic rings. The number of aromatic hydroxyl groups is 1. The molecule has 0 aliphatic heterocycles. The van der Waals surface area contributed by atoms with Gasteiger partial charge in [-0.15, -0.1) is 0 Å². The highest BCUT2D eigenvalue weighted by molar-refractivity contribution is 5.93. The Hall–Kier alpha value is -3.18. The van der Waals surface area contributed by atoms with Gasteiger partial charge in [-0.25, -0.2) is 4.79 Å². The van der Waals surface area contributed by atoms with Crippen LogP contribution in [0.3, 0.4) is 0 Å². The summed E-state index contributed by atoms with van der Waals surface area (Å²) in [7, 11) is 0. The third kappa shape index (κ3) is 7.30. The second kappa shape index (κ2) is 10.1. The number of carboxylic acid groups (broad SMARTS) is 2. The van der Waals surface area contributed by atoms with Crippen molar-refractivity contribution in [1.82, 2.24) is 10.6 Å². The van der Waals surface area contributed by atoms with Gasteiger partial charge in [-0.3, -0.25) is 14.4 Å². The Labute approximate surface area is 153 Å². The molecule has 1 aromatic rings. The predicted octanol–water partition coefficient (Wildman–Crippen LogP) is -2.22. The monoisotopic (exact) mass is 383 g/mol. The van der Waals surface area contributed by atoms with Crippen LogP contribution < -0.4 is 16.4 Å². The minimum absolute atomic E-state index is 0.0153. The number of hydrogen-bond donors (Lipinski definition) is 7. The number of hydrogen-bond acceptors (Lipinski definition) is 7. The molecule has 0 fully saturated rings. The van der Waals surface area contributed by atoms with E-state index < -0.39 is 54.9 Å². The first-order valence-electron chi connectivity index (χ1n) is 7.83. The number of aliphatic hydroxyl groups excluding tert-OH is 1. The molecule has 0 spiro atoms. The largest absolute Gasteiger partial charge is 0.508 e. The van der Waals surface area contributed by atoms with E-state index >= 15 is 0 Å². The molecule has 148 valence electrons. The summed E-state index contributed by atoms with van der Waals surface area (Å²) in [4.78, 5) is 46.2. The van der Waals surface area contributed by atoms with Crippen LogP contribution in [0.2, 0.25) is 0 Å². The summed E-state index contributed by atoms with van der Waals surface area (Å²) in [6.45, 7) is -0.670. The zero-order valence-corrected chi connectivity index (χ0v) is 14.2. The van der Waals surface area contributed by atoms with Crippen LogP contribution >= 0.6 is 0 Å². The number of carboxylic acids is 2. The van der Waals surface area contributed by atoms with Crippen LogP contribution in [0.5, 0.6) is 5.75 Å². The van der Waals surface area contributed by atoms with Gasteiger partial charge in [-0.2, -0.15) is 0 Å². The molecular weight excluding hydrogens is 362 g/mol. The molecule has 1 aromatic carbocycles. The maximum absolute atomic E-state index is 12.4. The molecule has 3 atom stereocenters. The molecule has 8 N–H and O–H groups in total. The topological polar surface area (TPSA) is 199 Å². The maximum atomic E-state index is 12.4. The van der Waals surface area contributed by atoms with Crippen molar-refractivity contribution in [3.63, 3.8) is 0 Å². The Bertz CT molecular complexity index is 691. The number of phenolic OH excluding ortho intramolecular Hbond substituents is 1.